The number of aryl methyl sites for hydroxylation is 2. The standard InChI is InChI=1S/C17H17F3N2O2/c1-10-15(11(2)24-21-10)16(23)22(14-7-8-14)9-12-3-5-13(6-4-12)17(18,19)20/h3-6,14H,7-9H2,1-2H3. The van der Waals surface area contributed by atoms with Crippen LogP contribution in [-0.2, 0) is 12.7 Å². The van der Waals surface area contributed by atoms with Crippen LogP contribution in [0.1, 0.15) is 45.8 Å². The first kappa shape index (κ1) is 16.5. The van der Waals surface area contributed by atoms with Gasteiger partial charge in [-0.3, -0.25) is 4.79 Å². The fourth-order valence-electron chi connectivity index (χ4n) is 2.68. The highest BCUT2D eigenvalue weighted by atomic mass is 19.4. The van der Waals surface area contributed by atoms with Gasteiger partial charge < -0.3 is 9.42 Å². The third-order valence-corrected chi connectivity index (χ3v) is 4.13. The second kappa shape index (κ2) is 5.96. The summed E-state index contributed by atoms with van der Waals surface area (Å²) in [6.45, 7) is 3.65. The van der Waals surface area contributed by atoms with Gasteiger partial charge in [-0.1, -0.05) is 17.3 Å². The van der Waals surface area contributed by atoms with E-state index in [2.05, 4.69) is 5.16 Å². The van der Waals surface area contributed by atoms with Crippen molar-refractivity contribution in [2.75, 3.05) is 0 Å². The highest BCUT2D eigenvalue weighted by molar-refractivity contribution is 5.96. The van der Waals surface area contributed by atoms with Crippen LogP contribution < -0.4 is 0 Å². The molecule has 1 amide bonds. The SMILES string of the molecule is Cc1noc(C)c1C(=O)N(Cc1ccc(C(F)(F)F)cc1)C1CC1. The van der Waals surface area contributed by atoms with Crippen molar-refractivity contribution in [2.45, 2.75) is 45.5 Å². The number of alkyl halides is 3. The van der Waals surface area contributed by atoms with Crippen LogP contribution in [0, 0.1) is 13.8 Å². The Morgan fingerprint density at radius 1 is 1.25 bits per heavy atom. The molecule has 0 N–H and O–H groups in total. The molecule has 0 saturated heterocycles. The van der Waals surface area contributed by atoms with Crippen LogP contribution in [0.5, 0.6) is 0 Å². The summed E-state index contributed by atoms with van der Waals surface area (Å²) in [5.41, 5.74) is 0.931. The van der Waals surface area contributed by atoms with Crippen molar-refractivity contribution in [3.8, 4) is 0 Å². The molecule has 0 atom stereocenters. The Labute approximate surface area is 137 Å². The summed E-state index contributed by atoms with van der Waals surface area (Å²) in [7, 11) is 0. The second-order valence-electron chi connectivity index (χ2n) is 6.06. The number of carbonyl (C=O) groups is 1. The van der Waals surface area contributed by atoms with Crippen molar-refractivity contribution in [2.24, 2.45) is 0 Å². The molecule has 1 aliphatic rings. The van der Waals surface area contributed by atoms with Gasteiger partial charge in [0.05, 0.1) is 11.3 Å². The average Bonchev–Trinajstić information content (AvgIpc) is 3.29. The lowest BCUT2D eigenvalue weighted by Crippen LogP contribution is -2.33. The molecule has 1 aromatic carbocycles. The number of aromatic nitrogens is 1. The Morgan fingerprint density at radius 3 is 2.33 bits per heavy atom. The Bertz CT molecular complexity index is 727. The van der Waals surface area contributed by atoms with Crippen molar-refractivity contribution in [3.63, 3.8) is 0 Å². The lowest BCUT2D eigenvalue weighted by Gasteiger charge is -2.22. The quantitative estimate of drug-likeness (QED) is 0.843. The second-order valence-corrected chi connectivity index (χ2v) is 6.06. The fourth-order valence-corrected chi connectivity index (χ4v) is 2.68. The van der Waals surface area contributed by atoms with Crippen molar-refractivity contribution in [1.82, 2.24) is 10.1 Å². The minimum absolute atomic E-state index is 0.119. The minimum Gasteiger partial charge on any atom is -0.361 e. The molecule has 0 radical (unpaired) electrons. The van der Waals surface area contributed by atoms with E-state index in [1.54, 1.807) is 18.7 Å². The largest absolute Gasteiger partial charge is 0.416 e. The number of amides is 1. The number of hydrogen-bond acceptors (Lipinski definition) is 3. The molecule has 1 aliphatic carbocycles. The van der Waals surface area contributed by atoms with Gasteiger partial charge in [-0.15, -0.1) is 0 Å². The number of hydrogen-bond donors (Lipinski definition) is 0. The van der Waals surface area contributed by atoms with Crippen LogP contribution in [-0.4, -0.2) is 22.0 Å². The molecule has 1 heterocycles. The van der Waals surface area contributed by atoms with E-state index in [1.807, 2.05) is 0 Å². The molecule has 0 aliphatic heterocycles. The van der Waals surface area contributed by atoms with Gasteiger partial charge in [0.2, 0.25) is 0 Å². The van der Waals surface area contributed by atoms with Crippen LogP contribution in [0.2, 0.25) is 0 Å². The van der Waals surface area contributed by atoms with Crippen LogP contribution >= 0.6 is 0 Å². The monoisotopic (exact) mass is 338 g/mol. The first-order valence-electron chi connectivity index (χ1n) is 7.67. The van der Waals surface area contributed by atoms with Crippen LogP contribution in [0.3, 0.4) is 0 Å². The fraction of sp³-hybridized carbons (Fsp3) is 0.412. The van der Waals surface area contributed by atoms with Crippen molar-refractivity contribution in [3.05, 3.63) is 52.4 Å². The van der Waals surface area contributed by atoms with E-state index in [0.29, 0.717) is 22.6 Å². The van der Waals surface area contributed by atoms with E-state index in [1.165, 1.54) is 12.1 Å². The van der Waals surface area contributed by atoms with Gasteiger partial charge in [0.1, 0.15) is 11.3 Å². The Kier molecular flexibility index (Phi) is 4.11. The Balaban J connectivity index is 1.81. The highest BCUT2D eigenvalue weighted by Gasteiger charge is 2.35. The summed E-state index contributed by atoms with van der Waals surface area (Å²) < 4.78 is 43.0. The zero-order chi connectivity index (χ0) is 17.5. The third-order valence-electron chi connectivity index (χ3n) is 4.13. The Hall–Kier alpha value is -2.31. The smallest absolute Gasteiger partial charge is 0.361 e. The number of nitrogens with zero attached hydrogens (tertiary/aromatic N) is 2. The molecule has 3 rings (SSSR count). The van der Waals surface area contributed by atoms with E-state index in [-0.39, 0.29) is 18.5 Å². The molecule has 0 spiro atoms. The lowest BCUT2D eigenvalue weighted by molar-refractivity contribution is -0.137. The number of halogens is 3. The predicted molar refractivity (Wildman–Crippen MR) is 80.3 cm³/mol. The molecule has 1 fully saturated rings. The first-order valence-corrected chi connectivity index (χ1v) is 7.67. The van der Waals surface area contributed by atoms with Gasteiger partial charge in [0, 0.05) is 12.6 Å². The summed E-state index contributed by atoms with van der Waals surface area (Å²) in [6.07, 6.45) is -2.56. The highest BCUT2D eigenvalue weighted by Crippen LogP contribution is 2.32. The van der Waals surface area contributed by atoms with Gasteiger partial charge in [-0.2, -0.15) is 13.2 Å². The minimum atomic E-state index is -4.36. The summed E-state index contributed by atoms with van der Waals surface area (Å²) in [5, 5.41) is 3.80. The van der Waals surface area contributed by atoms with Gasteiger partial charge >= 0.3 is 6.18 Å². The van der Waals surface area contributed by atoms with Gasteiger partial charge in [0.25, 0.3) is 5.91 Å². The predicted octanol–water partition coefficient (Wildman–Crippen LogP) is 4.12. The zero-order valence-corrected chi connectivity index (χ0v) is 13.4. The molecular formula is C17H17F3N2O2. The first-order chi connectivity index (χ1) is 11.3. The molecular weight excluding hydrogens is 321 g/mol. The maximum absolute atomic E-state index is 12.8. The topological polar surface area (TPSA) is 46.3 Å². The molecule has 0 bridgehead atoms. The molecule has 7 heteroatoms. The maximum atomic E-state index is 12.8. The third kappa shape index (κ3) is 3.29. The molecule has 1 aromatic heterocycles. The van der Waals surface area contributed by atoms with Crippen LogP contribution in [0.4, 0.5) is 13.2 Å². The van der Waals surface area contributed by atoms with E-state index in [4.69, 9.17) is 4.52 Å². The average molecular weight is 338 g/mol. The molecule has 128 valence electrons. The lowest BCUT2D eigenvalue weighted by atomic mass is 10.1. The van der Waals surface area contributed by atoms with Gasteiger partial charge in [-0.05, 0) is 44.4 Å². The summed E-state index contributed by atoms with van der Waals surface area (Å²) in [6, 6.07) is 5.03. The Morgan fingerprint density at radius 2 is 1.88 bits per heavy atom. The number of carbonyl (C=O) groups excluding carboxylic acids is 1. The van der Waals surface area contributed by atoms with Crippen molar-refractivity contribution < 1.29 is 22.5 Å². The molecule has 0 unspecified atom stereocenters. The van der Waals surface area contributed by atoms with Gasteiger partial charge in [-0.25, -0.2) is 0 Å². The van der Waals surface area contributed by atoms with E-state index >= 15 is 0 Å². The van der Waals surface area contributed by atoms with Crippen LogP contribution in [0.15, 0.2) is 28.8 Å². The van der Waals surface area contributed by atoms with E-state index in [9.17, 15) is 18.0 Å². The zero-order valence-electron chi connectivity index (χ0n) is 13.4. The summed E-state index contributed by atoms with van der Waals surface area (Å²) >= 11 is 0. The van der Waals surface area contributed by atoms with E-state index in [0.717, 1.165) is 25.0 Å². The molecule has 24 heavy (non-hydrogen) atoms. The number of benzene rings is 1. The maximum Gasteiger partial charge on any atom is 0.416 e. The molecule has 4 nitrogen and oxygen atoms in total. The number of rotatable bonds is 4. The van der Waals surface area contributed by atoms with Crippen molar-refractivity contribution in [1.29, 1.82) is 0 Å². The normalized spacial score (nSPS) is 14.7. The molecule has 2 aromatic rings. The summed E-state index contributed by atoms with van der Waals surface area (Å²) in [4.78, 5) is 14.5. The van der Waals surface area contributed by atoms with Crippen LogP contribution in [0.25, 0.3) is 0 Å². The van der Waals surface area contributed by atoms with Gasteiger partial charge in [0.15, 0.2) is 0 Å². The van der Waals surface area contributed by atoms with E-state index < -0.39 is 11.7 Å². The summed E-state index contributed by atoms with van der Waals surface area (Å²) in [5.74, 6) is 0.268. The molecule has 1 saturated carbocycles. The van der Waals surface area contributed by atoms with Crippen molar-refractivity contribution >= 4 is 5.91 Å².